The number of aliphatic hydroxyl groups excluding tert-OH is 1. The molecule has 2 N–H and O–H groups in total. The number of alkyl carbamates (subject to hydrolysis) is 1. The van der Waals surface area contributed by atoms with Crippen molar-refractivity contribution in [2.24, 2.45) is 0 Å². The Labute approximate surface area is 86.6 Å². The van der Waals surface area contributed by atoms with Crippen molar-refractivity contribution in [2.45, 2.75) is 46.6 Å². The standard InChI is InChI=1S/C8H17NO3.C2H6/c1-8(2,3)12-7(11)9-5-4-6-10;1-2/h10H,4-6H2,1-3H3,(H,9,11);1-2H3. The van der Waals surface area contributed by atoms with Gasteiger partial charge in [0, 0.05) is 13.2 Å². The number of carbonyl (C=O) groups excluding carboxylic acids is 1. The maximum absolute atomic E-state index is 10.9. The fourth-order valence-corrected chi connectivity index (χ4v) is 0.584. The Morgan fingerprint density at radius 3 is 2.21 bits per heavy atom. The van der Waals surface area contributed by atoms with E-state index < -0.39 is 11.7 Å². The molecule has 0 bridgehead atoms. The Balaban J connectivity index is 0. The molecule has 0 atom stereocenters. The molecule has 0 aromatic carbocycles. The van der Waals surface area contributed by atoms with Crippen LogP contribution in [0.3, 0.4) is 0 Å². The summed E-state index contributed by atoms with van der Waals surface area (Å²) in [6.07, 6.45) is 0.120. The smallest absolute Gasteiger partial charge is 0.407 e. The molecule has 0 aliphatic rings. The Morgan fingerprint density at radius 1 is 1.36 bits per heavy atom. The van der Waals surface area contributed by atoms with Gasteiger partial charge >= 0.3 is 6.09 Å². The molecular weight excluding hydrogens is 182 g/mol. The van der Waals surface area contributed by atoms with Crippen molar-refractivity contribution in [3.05, 3.63) is 0 Å². The molecule has 0 aliphatic heterocycles. The number of rotatable bonds is 3. The summed E-state index contributed by atoms with van der Waals surface area (Å²) < 4.78 is 4.95. The van der Waals surface area contributed by atoms with Gasteiger partial charge in [-0.15, -0.1) is 0 Å². The zero-order valence-electron chi connectivity index (χ0n) is 9.89. The average molecular weight is 205 g/mol. The van der Waals surface area contributed by atoms with Gasteiger partial charge in [0.05, 0.1) is 0 Å². The first kappa shape index (κ1) is 15.7. The van der Waals surface area contributed by atoms with Crippen molar-refractivity contribution < 1.29 is 14.6 Å². The molecule has 0 aromatic heterocycles. The summed E-state index contributed by atoms with van der Waals surface area (Å²) in [5.74, 6) is 0. The molecule has 4 nitrogen and oxygen atoms in total. The molecule has 0 rings (SSSR count). The van der Waals surface area contributed by atoms with E-state index in [4.69, 9.17) is 9.84 Å². The van der Waals surface area contributed by atoms with E-state index in [2.05, 4.69) is 5.32 Å². The maximum atomic E-state index is 10.9. The lowest BCUT2D eigenvalue weighted by atomic mass is 10.2. The Morgan fingerprint density at radius 2 is 1.86 bits per heavy atom. The van der Waals surface area contributed by atoms with E-state index in [9.17, 15) is 4.79 Å². The third-order valence-corrected chi connectivity index (χ3v) is 1.00. The average Bonchev–Trinajstić information content (AvgIpc) is 2.05. The number of ether oxygens (including phenoxy) is 1. The van der Waals surface area contributed by atoms with Gasteiger partial charge in [-0.3, -0.25) is 0 Å². The third-order valence-electron chi connectivity index (χ3n) is 1.00. The molecule has 14 heavy (non-hydrogen) atoms. The molecule has 4 heteroatoms. The van der Waals surface area contributed by atoms with Gasteiger partial charge in [-0.25, -0.2) is 4.79 Å². The van der Waals surface area contributed by atoms with Crippen LogP contribution in [0.25, 0.3) is 0 Å². The lowest BCUT2D eigenvalue weighted by Crippen LogP contribution is -2.33. The number of aliphatic hydroxyl groups is 1. The summed E-state index contributed by atoms with van der Waals surface area (Å²) in [5.41, 5.74) is -0.455. The van der Waals surface area contributed by atoms with Gasteiger partial charge in [-0.2, -0.15) is 0 Å². The highest BCUT2D eigenvalue weighted by atomic mass is 16.6. The number of hydrogen-bond acceptors (Lipinski definition) is 3. The minimum absolute atomic E-state index is 0.0792. The van der Waals surface area contributed by atoms with Crippen LogP contribution >= 0.6 is 0 Å². The molecule has 0 saturated carbocycles. The Kier molecular flexibility index (Phi) is 9.88. The normalized spacial score (nSPS) is 9.86. The predicted molar refractivity (Wildman–Crippen MR) is 57.3 cm³/mol. The Bertz CT molecular complexity index is 141. The van der Waals surface area contributed by atoms with Gasteiger partial charge in [-0.1, -0.05) is 13.8 Å². The second-order valence-electron chi connectivity index (χ2n) is 3.51. The van der Waals surface area contributed by atoms with Crippen molar-refractivity contribution in [2.75, 3.05) is 13.2 Å². The molecule has 86 valence electrons. The first-order valence-corrected chi connectivity index (χ1v) is 5.03. The molecule has 0 spiro atoms. The lowest BCUT2D eigenvalue weighted by Gasteiger charge is -2.19. The number of amides is 1. The fourth-order valence-electron chi connectivity index (χ4n) is 0.584. The summed E-state index contributed by atoms with van der Waals surface area (Å²) in [5, 5.41) is 10.9. The van der Waals surface area contributed by atoms with Crippen molar-refractivity contribution >= 4 is 6.09 Å². The highest BCUT2D eigenvalue weighted by Crippen LogP contribution is 2.05. The SMILES string of the molecule is CC.CC(C)(C)OC(=O)NCCCO. The van der Waals surface area contributed by atoms with E-state index in [-0.39, 0.29) is 6.61 Å². The molecule has 0 unspecified atom stereocenters. The van der Waals surface area contributed by atoms with E-state index in [0.29, 0.717) is 13.0 Å². The van der Waals surface area contributed by atoms with E-state index in [1.807, 2.05) is 13.8 Å². The molecule has 0 fully saturated rings. The van der Waals surface area contributed by atoms with Crippen molar-refractivity contribution in [1.82, 2.24) is 5.32 Å². The summed E-state index contributed by atoms with van der Waals surface area (Å²) in [4.78, 5) is 10.9. The van der Waals surface area contributed by atoms with Gasteiger partial charge in [0.25, 0.3) is 0 Å². The highest BCUT2D eigenvalue weighted by molar-refractivity contribution is 5.67. The van der Waals surface area contributed by atoms with E-state index in [1.165, 1.54) is 0 Å². The Hall–Kier alpha value is -0.770. The predicted octanol–water partition coefficient (Wildman–Crippen LogP) is 1.92. The third kappa shape index (κ3) is 13.8. The zero-order chi connectivity index (χ0) is 11.6. The highest BCUT2D eigenvalue weighted by Gasteiger charge is 2.14. The van der Waals surface area contributed by atoms with E-state index >= 15 is 0 Å². The van der Waals surface area contributed by atoms with Crippen LogP contribution in [-0.4, -0.2) is 30.0 Å². The van der Waals surface area contributed by atoms with Crippen molar-refractivity contribution in [3.63, 3.8) is 0 Å². The quantitative estimate of drug-likeness (QED) is 0.692. The zero-order valence-corrected chi connectivity index (χ0v) is 9.89. The van der Waals surface area contributed by atoms with Crippen molar-refractivity contribution in [1.29, 1.82) is 0 Å². The van der Waals surface area contributed by atoms with Crippen LogP contribution in [-0.2, 0) is 4.74 Å². The van der Waals surface area contributed by atoms with Crippen molar-refractivity contribution in [3.8, 4) is 0 Å². The summed E-state index contributed by atoms with van der Waals surface area (Å²) >= 11 is 0. The minimum atomic E-state index is -0.455. The van der Waals surface area contributed by atoms with Crippen LogP contribution in [0.4, 0.5) is 4.79 Å². The molecule has 0 saturated heterocycles. The second-order valence-corrected chi connectivity index (χ2v) is 3.51. The molecule has 1 amide bonds. The number of carbonyl (C=O) groups is 1. The molecule has 0 heterocycles. The van der Waals surface area contributed by atoms with Gasteiger partial charge in [0.15, 0.2) is 0 Å². The van der Waals surface area contributed by atoms with Gasteiger partial charge in [-0.05, 0) is 27.2 Å². The minimum Gasteiger partial charge on any atom is -0.444 e. The monoisotopic (exact) mass is 205 g/mol. The first-order valence-electron chi connectivity index (χ1n) is 5.03. The van der Waals surface area contributed by atoms with Crippen LogP contribution < -0.4 is 5.32 Å². The lowest BCUT2D eigenvalue weighted by molar-refractivity contribution is 0.0525. The second kappa shape index (κ2) is 8.81. The van der Waals surface area contributed by atoms with E-state index in [1.54, 1.807) is 20.8 Å². The fraction of sp³-hybridized carbons (Fsp3) is 0.900. The van der Waals surface area contributed by atoms with Crippen LogP contribution in [0.15, 0.2) is 0 Å². The molecule has 0 radical (unpaired) electrons. The summed E-state index contributed by atoms with van der Waals surface area (Å²) in [7, 11) is 0. The topological polar surface area (TPSA) is 58.6 Å². The molecule has 0 aromatic rings. The maximum Gasteiger partial charge on any atom is 0.407 e. The largest absolute Gasteiger partial charge is 0.444 e. The van der Waals surface area contributed by atoms with E-state index in [0.717, 1.165) is 0 Å². The van der Waals surface area contributed by atoms with Crippen LogP contribution in [0.1, 0.15) is 41.0 Å². The van der Waals surface area contributed by atoms with Crippen LogP contribution in [0.5, 0.6) is 0 Å². The van der Waals surface area contributed by atoms with Gasteiger partial charge in [0.1, 0.15) is 5.60 Å². The van der Waals surface area contributed by atoms with Crippen LogP contribution in [0.2, 0.25) is 0 Å². The first-order chi connectivity index (χ1) is 6.45. The summed E-state index contributed by atoms with van der Waals surface area (Å²) in [6.45, 7) is 9.94. The van der Waals surface area contributed by atoms with Crippen LogP contribution in [0, 0.1) is 0 Å². The summed E-state index contributed by atoms with van der Waals surface area (Å²) in [6, 6.07) is 0. The number of nitrogens with one attached hydrogen (secondary N) is 1. The van der Waals surface area contributed by atoms with Gasteiger partial charge in [0.2, 0.25) is 0 Å². The molecule has 0 aliphatic carbocycles. The number of hydrogen-bond donors (Lipinski definition) is 2. The van der Waals surface area contributed by atoms with Gasteiger partial charge < -0.3 is 15.2 Å². The molecular formula is C10H23NO3.